The summed E-state index contributed by atoms with van der Waals surface area (Å²) in [7, 11) is 0. The van der Waals surface area contributed by atoms with Crippen LogP contribution in [-0.4, -0.2) is 79.8 Å². The number of hydrogen-bond acceptors (Lipinski definition) is 9. The van der Waals surface area contributed by atoms with Gasteiger partial charge in [0, 0.05) is 12.8 Å². The molecule has 23 heavy (non-hydrogen) atoms. The summed E-state index contributed by atoms with van der Waals surface area (Å²) in [5.74, 6) is -1.05. The number of amides is 2. The molecule has 0 aromatic carbocycles. The maximum atomic E-state index is 11.4. The fraction of sp³-hybridized carbons (Fsp3) is 0.750. The monoisotopic (exact) mass is 337 g/mol. The van der Waals surface area contributed by atoms with E-state index in [1.54, 1.807) is 0 Å². The van der Waals surface area contributed by atoms with E-state index in [1.807, 2.05) is 0 Å². The molecule has 0 bridgehead atoms. The zero-order chi connectivity index (χ0) is 17.8. The molecule has 8 N–H and O–H groups in total. The predicted octanol–water partition coefficient (Wildman–Crippen LogP) is -3.41. The summed E-state index contributed by atoms with van der Waals surface area (Å²) in [6.07, 6.45) is -5.22. The van der Waals surface area contributed by atoms with Crippen LogP contribution in [0.3, 0.4) is 0 Å². The number of carbonyl (C=O) groups is 2. The summed E-state index contributed by atoms with van der Waals surface area (Å²) >= 11 is 0. The van der Waals surface area contributed by atoms with Crippen LogP contribution in [0.1, 0.15) is 25.7 Å². The molecule has 0 rings (SSSR count). The van der Waals surface area contributed by atoms with E-state index < -0.39 is 42.8 Å². The van der Waals surface area contributed by atoms with E-state index >= 15 is 0 Å². The minimum Gasteiger partial charge on any atom is -0.394 e. The van der Waals surface area contributed by atoms with Gasteiger partial charge in [-0.2, -0.15) is 5.10 Å². The number of rotatable bonds is 11. The Morgan fingerprint density at radius 3 is 2.09 bits per heavy atom. The number of hydroxylamine groups is 1. The lowest BCUT2D eigenvalue weighted by molar-refractivity contribution is -0.129. The smallest absolute Gasteiger partial charge is 0.243 e. The minimum absolute atomic E-state index is 0.0561. The third kappa shape index (κ3) is 9.18. The molecule has 4 atom stereocenters. The molecule has 134 valence electrons. The van der Waals surface area contributed by atoms with E-state index in [9.17, 15) is 24.9 Å². The first-order valence-corrected chi connectivity index (χ1v) is 6.91. The van der Waals surface area contributed by atoms with Gasteiger partial charge >= 0.3 is 0 Å². The average Bonchev–Trinajstić information content (AvgIpc) is 2.55. The zero-order valence-electron chi connectivity index (χ0n) is 12.4. The summed E-state index contributed by atoms with van der Waals surface area (Å²) in [6, 6.07) is 0. The first-order chi connectivity index (χ1) is 10.8. The first-order valence-electron chi connectivity index (χ1n) is 6.91. The van der Waals surface area contributed by atoms with E-state index in [0.717, 1.165) is 6.21 Å². The Kier molecular flexibility index (Phi) is 11.0. The van der Waals surface area contributed by atoms with Crippen molar-refractivity contribution in [3.63, 3.8) is 0 Å². The van der Waals surface area contributed by atoms with Crippen LogP contribution in [0.2, 0.25) is 0 Å². The van der Waals surface area contributed by atoms with Crippen LogP contribution in [0.4, 0.5) is 0 Å². The molecule has 0 aromatic heterocycles. The quantitative estimate of drug-likeness (QED) is 0.0826. The van der Waals surface area contributed by atoms with Crippen LogP contribution in [0.15, 0.2) is 5.10 Å². The summed E-state index contributed by atoms with van der Waals surface area (Å²) in [4.78, 5) is 22.1. The number of aliphatic hydroxyl groups is 5. The molecule has 0 aliphatic rings. The summed E-state index contributed by atoms with van der Waals surface area (Å²) in [6.45, 7) is -0.798. The van der Waals surface area contributed by atoms with Gasteiger partial charge in [0.05, 0.1) is 12.8 Å². The molecular formula is C12H23N3O8. The highest BCUT2D eigenvalue weighted by atomic mass is 16.5. The molecule has 0 aromatic rings. The number of hydrazone groups is 1. The van der Waals surface area contributed by atoms with Gasteiger partial charge in [-0.15, -0.1) is 0 Å². The number of nitrogens with zero attached hydrogens (tertiary/aromatic N) is 1. The molecule has 0 saturated carbocycles. The minimum atomic E-state index is -1.80. The van der Waals surface area contributed by atoms with E-state index in [4.69, 9.17) is 15.4 Å². The van der Waals surface area contributed by atoms with Crippen molar-refractivity contribution < 1.29 is 40.3 Å². The average molecular weight is 337 g/mol. The van der Waals surface area contributed by atoms with Crippen LogP contribution in [-0.2, 0) is 9.59 Å². The number of unbranched alkanes of at least 4 members (excludes halogenated alkanes) is 1. The Morgan fingerprint density at radius 1 is 1.00 bits per heavy atom. The lowest BCUT2D eigenvalue weighted by atomic mass is 10.0. The van der Waals surface area contributed by atoms with Crippen molar-refractivity contribution in [1.82, 2.24) is 10.9 Å². The second-order valence-electron chi connectivity index (χ2n) is 4.78. The van der Waals surface area contributed by atoms with Crippen LogP contribution in [0, 0.1) is 0 Å². The maximum Gasteiger partial charge on any atom is 0.243 e. The third-order valence-corrected chi connectivity index (χ3v) is 2.88. The van der Waals surface area contributed by atoms with E-state index in [-0.39, 0.29) is 12.8 Å². The molecule has 0 aliphatic heterocycles. The van der Waals surface area contributed by atoms with Gasteiger partial charge in [0.1, 0.15) is 24.4 Å². The molecule has 11 heteroatoms. The van der Waals surface area contributed by atoms with Gasteiger partial charge in [0.25, 0.3) is 0 Å². The molecule has 0 spiro atoms. The van der Waals surface area contributed by atoms with Crippen molar-refractivity contribution in [2.45, 2.75) is 50.1 Å². The van der Waals surface area contributed by atoms with Gasteiger partial charge in [-0.25, -0.2) is 10.9 Å². The molecule has 0 fully saturated rings. The second kappa shape index (κ2) is 11.9. The van der Waals surface area contributed by atoms with Gasteiger partial charge in [0.15, 0.2) is 0 Å². The number of carbonyl (C=O) groups excluding carboxylic acids is 2. The van der Waals surface area contributed by atoms with Crippen molar-refractivity contribution in [1.29, 1.82) is 0 Å². The van der Waals surface area contributed by atoms with Gasteiger partial charge in [0.2, 0.25) is 11.8 Å². The Bertz CT molecular complexity index is 393. The van der Waals surface area contributed by atoms with Gasteiger partial charge in [-0.3, -0.25) is 14.8 Å². The Hall–Kier alpha value is -1.63. The number of hydrogen-bond donors (Lipinski definition) is 8. The van der Waals surface area contributed by atoms with Crippen molar-refractivity contribution in [3.8, 4) is 0 Å². The fourth-order valence-electron chi connectivity index (χ4n) is 1.49. The third-order valence-electron chi connectivity index (χ3n) is 2.88. The van der Waals surface area contributed by atoms with Crippen LogP contribution in [0.5, 0.6) is 0 Å². The molecular weight excluding hydrogens is 314 g/mol. The standard InChI is InChI=1S/C12H23N3O8/c16-6-8(18)12(22)11(21)7(17)5-13-14-9(19)3-1-2-4-10(20)15-23/h5,7-8,11-12,16-18,21-23H,1-4,6H2,(H,14,19)(H,15,20)/b13-5+/t7-,8-,11-,12-/m0/s1. The van der Waals surface area contributed by atoms with E-state index in [2.05, 4.69) is 10.5 Å². The molecule has 0 heterocycles. The molecule has 11 nitrogen and oxygen atoms in total. The van der Waals surface area contributed by atoms with Crippen LogP contribution >= 0.6 is 0 Å². The van der Waals surface area contributed by atoms with Crippen molar-refractivity contribution in [2.75, 3.05) is 6.61 Å². The highest BCUT2D eigenvalue weighted by Crippen LogP contribution is 2.04. The Balaban J connectivity index is 4.02. The fourth-order valence-corrected chi connectivity index (χ4v) is 1.49. The summed E-state index contributed by atoms with van der Waals surface area (Å²) < 4.78 is 0. The van der Waals surface area contributed by atoms with E-state index in [0.29, 0.717) is 12.8 Å². The van der Waals surface area contributed by atoms with E-state index in [1.165, 1.54) is 5.48 Å². The van der Waals surface area contributed by atoms with Crippen molar-refractivity contribution >= 4 is 18.0 Å². The maximum absolute atomic E-state index is 11.4. The van der Waals surface area contributed by atoms with Crippen molar-refractivity contribution in [3.05, 3.63) is 0 Å². The lowest BCUT2D eigenvalue weighted by Gasteiger charge is -2.23. The summed E-state index contributed by atoms with van der Waals surface area (Å²) in [5.41, 5.74) is 3.53. The van der Waals surface area contributed by atoms with Gasteiger partial charge in [-0.05, 0) is 12.8 Å². The van der Waals surface area contributed by atoms with Gasteiger partial charge in [-0.1, -0.05) is 0 Å². The largest absolute Gasteiger partial charge is 0.394 e. The molecule has 0 aliphatic carbocycles. The Labute approximate surface area is 132 Å². The summed E-state index contributed by atoms with van der Waals surface area (Å²) in [5, 5.41) is 57.6. The van der Waals surface area contributed by atoms with Crippen LogP contribution < -0.4 is 10.9 Å². The Morgan fingerprint density at radius 2 is 1.57 bits per heavy atom. The highest BCUT2D eigenvalue weighted by Gasteiger charge is 2.29. The normalized spacial score (nSPS) is 16.6. The zero-order valence-corrected chi connectivity index (χ0v) is 12.4. The molecule has 0 saturated heterocycles. The van der Waals surface area contributed by atoms with Crippen LogP contribution in [0.25, 0.3) is 0 Å². The predicted molar refractivity (Wildman–Crippen MR) is 76.1 cm³/mol. The van der Waals surface area contributed by atoms with Crippen molar-refractivity contribution in [2.24, 2.45) is 5.10 Å². The lowest BCUT2D eigenvalue weighted by Crippen LogP contribution is -2.46. The second-order valence-corrected chi connectivity index (χ2v) is 4.78. The molecule has 0 radical (unpaired) electrons. The van der Waals surface area contributed by atoms with Gasteiger partial charge < -0.3 is 25.5 Å². The molecule has 2 amide bonds. The number of nitrogens with one attached hydrogen (secondary N) is 2. The first kappa shape index (κ1) is 21.4. The highest BCUT2D eigenvalue weighted by molar-refractivity contribution is 5.77. The topological polar surface area (TPSA) is 192 Å². The molecule has 0 unspecified atom stereocenters. The number of aliphatic hydroxyl groups excluding tert-OH is 5. The SMILES string of the molecule is O=C(CCCCC(=O)N/N=C/[C@H](O)[C@H](O)[C@@H](O)[C@@H](O)CO)NO.